The van der Waals surface area contributed by atoms with Gasteiger partial charge in [-0.25, -0.2) is 0 Å². The zero-order chi connectivity index (χ0) is 14.7. The normalized spacial score (nSPS) is 29.4. The minimum atomic E-state index is -0.399. The van der Waals surface area contributed by atoms with Crippen LogP contribution in [0.15, 0.2) is 0 Å². The van der Waals surface area contributed by atoms with E-state index in [1.807, 2.05) is 4.90 Å². The maximum absolute atomic E-state index is 12.1. The standard InChI is InChI=1S/C16H27NO4/c18-15(12-20-11-14-3-1-2-10-21-14)17-8-4-13(5-9-17)16(19)6-7-16/h13-14,19H,1-12H2. The van der Waals surface area contributed by atoms with Gasteiger partial charge in [0.1, 0.15) is 6.61 Å². The molecule has 0 aromatic rings. The average Bonchev–Trinajstić information content (AvgIpc) is 3.27. The van der Waals surface area contributed by atoms with Crippen molar-refractivity contribution >= 4 is 5.91 Å². The van der Waals surface area contributed by atoms with E-state index in [2.05, 4.69) is 0 Å². The maximum atomic E-state index is 12.1. The molecule has 2 saturated heterocycles. The third kappa shape index (κ3) is 3.96. The van der Waals surface area contributed by atoms with Crippen LogP contribution in [0, 0.1) is 5.92 Å². The van der Waals surface area contributed by atoms with E-state index < -0.39 is 5.60 Å². The van der Waals surface area contributed by atoms with Crippen molar-refractivity contribution in [2.24, 2.45) is 5.92 Å². The van der Waals surface area contributed by atoms with Gasteiger partial charge in [0.25, 0.3) is 0 Å². The smallest absolute Gasteiger partial charge is 0.248 e. The molecule has 21 heavy (non-hydrogen) atoms. The van der Waals surface area contributed by atoms with Crippen molar-refractivity contribution in [2.45, 2.75) is 56.7 Å². The summed E-state index contributed by atoms with van der Waals surface area (Å²) < 4.78 is 11.1. The Hall–Kier alpha value is -0.650. The van der Waals surface area contributed by atoms with Gasteiger partial charge >= 0.3 is 0 Å². The van der Waals surface area contributed by atoms with Crippen LogP contribution in [0.1, 0.15) is 44.9 Å². The van der Waals surface area contributed by atoms with Crippen LogP contribution in [0.4, 0.5) is 0 Å². The molecule has 2 aliphatic heterocycles. The van der Waals surface area contributed by atoms with Crippen LogP contribution in [-0.4, -0.2) is 60.5 Å². The van der Waals surface area contributed by atoms with Gasteiger partial charge in [0.15, 0.2) is 0 Å². The number of aliphatic hydroxyl groups is 1. The lowest BCUT2D eigenvalue weighted by Gasteiger charge is -2.34. The molecule has 3 aliphatic rings. The Bertz CT molecular complexity index is 355. The number of carbonyl (C=O) groups excluding carboxylic acids is 1. The number of piperidine rings is 1. The Kier molecular flexibility index (Phi) is 4.82. The number of likely N-dealkylation sites (tertiary alicyclic amines) is 1. The van der Waals surface area contributed by atoms with Crippen LogP contribution in [0.3, 0.4) is 0 Å². The zero-order valence-electron chi connectivity index (χ0n) is 12.8. The molecule has 1 aliphatic carbocycles. The molecule has 1 amide bonds. The number of amides is 1. The van der Waals surface area contributed by atoms with Gasteiger partial charge in [-0.1, -0.05) is 0 Å². The third-order valence-corrected chi connectivity index (χ3v) is 5.17. The second-order valence-electron chi connectivity index (χ2n) is 6.76. The zero-order valence-corrected chi connectivity index (χ0v) is 12.8. The second kappa shape index (κ2) is 6.63. The fourth-order valence-electron chi connectivity index (χ4n) is 3.51. The van der Waals surface area contributed by atoms with E-state index in [4.69, 9.17) is 9.47 Å². The molecule has 2 heterocycles. The third-order valence-electron chi connectivity index (χ3n) is 5.17. The number of nitrogens with zero attached hydrogens (tertiary/aromatic N) is 1. The Morgan fingerprint density at radius 3 is 2.62 bits per heavy atom. The first-order valence-corrected chi connectivity index (χ1v) is 8.37. The molecule has 1 saturated carbocycles. The molecular formula is C16H27NO4. The van der Waals surface area contributed by atoms with Gasteiger partial charge in [0.2, 0.25) is 5.91 Å². The first-order chi connectivity index (χ1) is 10.2. The van der Waals surface area contributed by atoms with Crippen molar-refractivity contribution in [2.75, 3.05) is 32.9 Å². The number of hydrogen-bond acceptors (Lipinski definition) is 4. The highest BCUT2D eigenvalue weighted by Gasteiger charge is 2.48. The average molecular weight is 297 g/mol. The van der Waals surface area contributed by atoms with Crippen molar-refractivity contribution in [3.05, 3.63) is 0 Å². The van der Waals surface area contributed by atoms with E-state index in [-0.39, 0.29) is 18.6 Å². The van der Waals surface area contributed by atoms with E-state index >= 15 is 0 Å². The van der Waals surface area contributed by atoms with Gasteiger partial charge in [-0.15, -0.1) is 0 Å². The lowest BCUT2D eigenvalue weighted by atomic mass is 9.89. The Morgan fingerprint density at radius 1 is 1.24 bits per heavy atom. The quantitative estimate of drug-likeness (QED) is 0.832. The summed E-state index contributed by atoms with van der Waals surface area (Å²) in [5.41, 5.74) is -0.399. The molecular weight excluding hydrogens is 270 g/mol. The Labute approximate surface area is 126 Å². The van der Waals surface area contributed by atoms with E-state index in [0.29, 0.717) is 12.5 Å². The lowest BCUT2D eigenvalue weighted by Crippen LogP contribution is -2.43. The molecule has 3 rings (SSSR count). The number of ether oxygens (including phenoxy) is 2. The highest BCUT2D eigenvalue weighted by atomic mass is 16.5. The van der Waals surface area contributed by atoms with Crippen molar-refractivity contribution in [1.82, 2.24) is 4.90 Å². The molecule has 3 fully saturated rings. The summed E-state index contributed by atoms with van der Waals surface area (Å²) in [6, 6.07) is 0. The molecule has 0 spiro atoms. The van der Waals surface area contributed by atoms with Gasteiger partial charge in [0, 0.05) is 19.7 Å². The molecule has 1 atom stereocenters. The molecule has 0 aromatic heterocycles. The van der Waals surface area contributed by atoms with Crippen LogP contribution in [-0.2, 0) is 14.3 Å². The van der Waals surface area contributed by atoms with Crippen molar-refractivity contribution in [3.63, 3.8) is 0 Å². The predicted octanol–water partition coefficient (Wildman–Crippen LogP) is 1.34. The topological polar surface area (TPSA) is 59.0 Å². The lowest BCUT2D eigenvalue weighted by molar-refractivity contribution is -0.140. The van der Waals surface area contributed by atoms with Crippen LogP contribution in [0.5, 0.6) is 0 Å². The van der Waals surface area contributed by atoms with E-state index in [0.717, 1.165) is 58.2 Å². The molecule has 1 N–H and O–H groups in total. The van der Waals surface area contributed by atoms with Gasteiger partial charge in [-0.2, -0.15) is 0 Å². The highest BCUT2D eigenvalue weighted by Crippen LogP contribution is 2.46. The molecule has 5 heteroatoms. The fourth-order valence-corrected chi connectivity index (χ4v) is 3.51. The second-order valence-corrected chi connectivity index (χ2v) is 6.76. The Morgan fingerprint density at radius 2 is 2.00 bits per heavy atom. The van der Waals surface area contributed by atoms with Gasteiger partial charge in [-0.05, 0) is 50.9 Å². The summed E-state index contributed by atoms with van der Waals surface area (Å²) in [6.07, 6.45) is 7.27. The first-order valence-electron chi connectivity index (χ1n) is 8.37. The van der Waals surface area contributed by atoms with Crippen LogP contribution < -0.4 is 0 Å². The summed E-state index contributed by atoms with van der Waals surface area (Å²) in [4.78, 5) is 14.0. The van der Waals surface area contributed by atoms with Gasteiger partial charge in [-0.3, -0.25) is 4.79 Å². The minimum Gasteiger partial charge on any atom is -0.390 e. The molecule has 0 aromatic carbocycles. The fraction of sp³-hybridized carbons (Fsp3) is 0.938. The van der Waals surface area contributed by atoms with Crippen LogP contribution in [0.25, 0.3) is 0 Å². The van der Waals surface area contributed by atoms with Gasteiger partial charge < -0.3 is 19.5 Å². The molecule has 0 bridgehead atoms. The van der Waals surface area contributed by atoms with Crippen molar-refractivity contribution in [3.8, 4) is 0 Å². The van der Waals surface area contributed by atoms with Crippen LogP contribution in [0.2, 0.25) is 0 Å². The first kappa shape index (κ1) is 15.3. The summed E-state index contributed by atoms with van der Waals surface area (Å²) in [5.74, 6) is 0.463. The van der Waals surface area contributed by atoms with E-state index in [1.165, 1.54) is 6.42 Å². The number of rotatable bonds is 5. The SMILES string of the molecule is O=C(COCC1CCCCO1)N1CCC(C2(O)CC2)CC1. The summed E-state index contributed by atoms with van der Waals surface area (Å²) in [7, 11) is 0. The van der Waals surface area contributed by atoms with E-state index in [9.17, 15) is 9.90 Å². The maximum Gasteiger partial charge on any atom is 0.248 e. The van der Waals surface area contributed by atoms with Crippen molar-refractivity contribution in [1.29, 1.82) is 0 Å². The summed E-state index contributed by atoms with van der Waals surface area (Å²) >= 11 is 0. The molecule has 1 unspecified atom stereocenters. The summed E-state index contributed by atoms with van der Waals surface area (Å²) in [5, 5.41) is 10.1. The molecule has 0 radical (unpaired) electrons. The number of carbonyl (C=O) groups is 1. The molecule has 120 valence electrons. The van der Waals surface area contributed by atoms with Crippen molar-refractivity contribution < 1.29 is 19.4 Å². The minimum absolute atomic E-state index is 0.0760. The summed E-state index contributed by atoms with van der Waals surface area (Å²) in [6.45, 7) is 3.03. The van der Waals surface area contributed by atoms with Crippen LogP contribution >= 0.6 is 0 Å². The largest absolute Gasteiger partial charge is 0.390 e. The highest BCUT2D eigenvalue weighted by molar-refractivity contribution is 5.77. The number of hydrogen-bond donors (Lipinski definition) is 1. The molecule has 5 nitrogen and oxygen atoms in total. The predicted molar refractivity (Wildman–Crippen MR) is 77.9 cm³/mol. The monoisotopic (exact) mass is 297 g/mol. The Balaban J connectivity index is 1.32. The van der Waals surface area contributed by atoms with Gasteiger partial charge in [0.05, 0.1) is 18.3 Å². The van der Waals surface area contributed by atoms with E-state index in [1.54, 1.807) is 0 Å².